The topological polar surface area (TPSA) is 121 Å². The number of anilines is 3. The Bertz CT molecular complexity index is 1240. The number of hydrogen-bond donors (Lipinski definition) is 3. The van der Waals surface area contributed by atoms with Gasteiger partial charge >= 0.3 is 0 Å². The number of fused-ring (bicyclic) bond motifs is 1. The number of benzene rings is 1. The molecule has 0 bridgehead atoms. The highest BCUT2D eigenvalue weighted by atomic mass is 19.1. The smallest absolute Gasteiger partial charge is 0.184 e. The maximum Gasteiger partial charge on any atom is 0.184 e. The SMILES string of the molecule is CC(C)(C)CNc1nc(-c2nn(Cc3ccccc3F)c3ncccc23)nc(N)c1N. The second-order valence-electron chi connectivity index (χ2n) is 8.58. The fourth-order valence-corrected chi connectivity index (χ4v) is 3.15. The molecule has 3 aromatic heterocycles. The van der Waals surface area contributed by atoms with Gasteiger partial charge < -0.3 is 16.8 Å². The minimum atomic E-state index is -0.301. The zero-order valence-corrected chi connectivity index (χ0v) is 17.7. The molecule has 5 N–H and O–H groups in total. The number of halogens is 1. The average molecular weight is 420 g/mol. The van der Waals surface area contributed by atoms with E-state index in [4.69, 9.17) is 11.5 Å². The fraction of sp³-hybridized carbons (Fsp3) is 0.273. The molecular weight excluding hydrogens is 395 g/mol. The van der Waals surface area contributed by atoms with Gasteiger partial charge in [0, 0.05) is 18.3 Å². The first-order valence-electron chi connectivity index (χ1n) is 9.95. The summed E-state index contributed by atoms with van der Waals surface area (Å²) >= 11 is 0. The van der Waals surface area contributed by atoms with E-state index >= 15 is 0 Å². The molecule has 0 amide bonds. The van der Waals surface area contributed by atoms with Gasteiger partial charge in [-0.05, 0) is 23.6 Å². The van der Waals surface area contributed by atoms with Crippen molar-refractivity contribution in [1.29, 1.82) is 0 Å². The summed E-state index contributed by atoms with van der Waals surface area (Å²) in [4.78, 5) is 13.4. The third-order valence-corrected chi connectivity index (χ3v) is 4.76. The van der Waals surface area contributed by atoms with Gasteiger partial charge in [-0.2, -0.15) is 5.10 Å². The summed E-state index contributed by atoms with van der Waals surface area (Å²) in [5, 5.41) is 8.65. The first-order valence-corrected chi connectivity index (χ1v) is 9.95. The summed E-state index contributed by atoms with van der Waals surface area (Å²) in [7, 11) is 0. The lowest BCUT2D eigenvalue weighted by Crippen LogP contribution is -2.21. The molecule has 4 rings (SSSR count). The third kappa shape index (κ3) is 4.25. The second-order valence-corrected chi connectivity index (χ2v) is 8.58. The van der Waals surface area contributed by atoms with Crippen LogP contribution in [0, 0.1) is 11.2 Å². The summed E-state index contributed by atoms with van der Waals surface area (Å²) in [6.07, 6.45) is 1.67. The van der Waals surface area contributed by atoms with Crippen molar-refractivity contribution < 1.29 is 4.39 Å². The molecule has 0 unspecified atom stereocenters. The quantitative estimate of drug-likeness (QED) is 0.450. The lowest BCUT2D eigenvalue weighted by atomic mass is 9.97. The van der Waals surface area contributed by atoms with E-state index in [-0.39, 0.29) is 23.6 Å². The van der Waals surface area contributed by atoms with Crippen LogP contribution in [0.1, 0.15) is 26.3 Å². The van der Waals surface area contributed by atoms with Crippen molar-refractivity contribution in [2.24, 2.45) is 5.41 Å². The van der Waals surface area contributed by atoms with Gasteiger partial charge in [-0.1, -0.05) is 39.0 Å². The van der Waals surface area contributed by atoms with Crippen LogP contribution >= 0.6 is 0 Å². The van der Waals surface area contributed by atoms with Crippen LogP contribution in [0.5, 0.6) is 0 Å². The predicted molar refractivity (Wildman–Crippen MR) is 121 cm³/mol. The summed E-state index contributed by atoms with van der Waals surface area (Å²) < 4.78 is 15.9. The van der Waals surface area contributed by atoms with Crippen LogP contribution in [-0.2, 0) is 6.54 Å². The number of nitrogen functional groups attached to an aromatic ring is 2. The van der Waals surface area contributed by atoms with E-state index in [0.717, 1.165) is 5.39 Å². The number of nitrogens with two attached hydrogens (primary N) is 2. The van der Waals surface area contributed by atoms with Crippen molar-refractivity contribution in [3.8, 4) is 11.5 Å². The van der Waals surface area contributed by atoms with Crippen molar-refractivity contribution in [2.45, 2.75) is 27.3 Å². The summed E-state index contributed by atoms with van der Waals surface area (Å²) in [5.74, 6) is 0.652. The molecule has 0 saturated heterocycles. The van der Waals surface area contributed by atoms with Crippen LogP contribution in [0.15, 0.2) is 42.6 Å². The molecule has 0 radical (unpaired) electrons. The molecule has 0 aliphatic heterocycles. The molecule has 4 aromatic rings. The van der Waals surface area contributed by atoms with E-state index in [1.165, 1.54) is 6.07 Å². The van der Waals surface area contributed by atoms with Crippen LogP contribution in [0.3, 0.4) is 0 Å². The zero-order chi connectivity index (χ0) is 22.2. The second kappa shape index (κ2) is 7.82. The highest BCUT2D eigenvalue weighted by molar-refractivity contribution is 5.90. The monoisotopic (exact) mass is 420 g/mol. The molecule has 8 nitrogen and oxygen atoms in total. The molecule has 0 saturated carbocycles. The van der Waals surface area contributed by atoms with Gasteiger partial charge in [-0.25, -0.2) is 24.0 Å². The fourth-order valence-electron chi connectivity index (χ4n) is 3.15. The van der Waals surface area contributed by atoms with Gasteiger partial charge in [0.2, 0.25) is 0 Å². The number of pyridine rings is 1. The number of nitrogens with one attached hydrogen (secondary N) is 1. The normalized spacial score (nSPS) is 11.7. The Hall–Kier alpha value is -3.75. The largest absolute Gasteiger partial charge is 0.393 e. The summed E-state index contributed by atoms with van der Waals surface area (Å²) in [6, 6.07) is 10.3. The van der Waals surface area contributed by atoms with Crippen LogP contribution < -0.4 is 16.8 Å². The summed E-state index contributed by atoms with van der Waals surface area (Å²) in [5.41, 5.74) is 14.1. The van der Waals surface area contributed by atoms with Crippen LogP contribution in [-0.4, -0.2) is 31.3 Å². The highest BCUT2D eigenvalue weighted by Crippen LogP contribution is 2.30. The van der Waals surface area contributed by atoms with Gasteiger partial charge in [0.25, 0.3) is 0 Å². The minimum Gasteiger partial charge on any atom is -0.393 e. The van der Waals surface area contributed by atoms with Crippen molar-refractivity contribution in [3.05, 3.63) is 54.0 Å². The molecule has 0 fully saturated rings. The molecule has 0 aliphatic rings. The molecule has 0 aliphatic carbocycles. The third-order valence-electron chi connectivity index (χ3n) is 4.76. The Kier molecular flexibility index (Phi) is 5.18. The molecule has 0 atom stereocenters. The number of rotatable bonds is 5. The number of nitrogens with zero attached hydrogens (tertiary/aromatic N) is 5. The van der Waals surface area contributed by atoms with Crippen molar-refractivity contribution in [3.63, 3.8) is 0 Å². The molecule has 160 valence electrons. The summed E-state index contributed by atoms with van der Waals surface area (Å²) in [6.45, 7) is 7.18. The van der Waals surface area contributed by atoms with Crippen LogP contribution in [0.4, 0.5) is 21.7 Å². The first kappa shape index (κ1) is 20.5. The van der Waals surface area contributed by atoms with Crippen LogP contribution in [0.2, 0.25) is 0 Å². The average Bonchev–Trinajstić information content (AvgIpc) is 3.09. The molecular formula is C22H25FN8. The molecule has 3 heterocycles. The zero-order valence-electron chi connectivity index (χ0n) is 17.7. The maximum absolute atomic E-state index is 14.2. The van der Waals surface area contributed by atoms with Crippen molar-refractivity contribution >= 4 is 28.4 Å². The molecule has 9 heteroatoms. The lowest BCUT2D eigenvalue weighted by Gasteiger charge is -2.20. The highest BCUT2D eigenvalue weighted by Gasteiger charge is 2.20. The van der Waals surface area contributed by atoms with Gasteiger partial charge in [0.15, 0.2) is 23.1 Å². The Labute approximate surface area is 179 Å². The Balaban J connectivity index is 1.80. The van der Waals surface area contributed by atoms with Crippen molar-refractivity contribution in [2.75, 3.05) is 23.3 Å². The van der Waals surface area contributed by atoms with Crippen LogP contribution in [0.25, 0.3) is 22.6 Å². The van der Waals surface area contributed by atoms with Gasteiger partial charge in [-0.3, -0.25) is 0 Å². The number of aromatic nitrogens is 5. The molecule has 31 heavy (non-hydrogen) atoms. The van der Waals surface area contributed by atoms with E-state index in [1.807, 2.05) is 6.07 Å². The van der Waals surface area contributed by atoms with Gasteiger partial charge in [-0.15, -0.1) is 0 Å². The standard InChI is InChI=1S/C22H25FN8/c1-22(2,3)12-27-19-16(24)18(25)28-20(29-19)17-14-8-6-10-26-21(14)31(30-17)11-13-7-4-5-9-15(13)23/h4-10H,11-12,24H2,1-3H3,(H3,25,27,28,29). The minimum absolute atomic E-state index is 0.0181. The van der Waals surface area contributed by atoms with E-state index in [9.17, 15) is 4.39 Å². The Morgan fingerprint density at radius 3 is 2.58 bits per heavy atom. The van der Waals surface area contributed by atoms with E-state index in [0.29, 0.717) is 40.8 Å². The van der Waals surface area contributed by atoms with E-state index in [2.05, 4.69) is 46.1 Å². The van der Waals surface area contributed by atoms with E-state index < -0.39 is 0 Å². The van der Waals surface area contributed by atoms with Crippen molar-refractivity contribution in [1.82, 2.24) is 24.7 Å². The molecule has 1 aromatic carbocycles. The van der Waals surface area contributed by atoms with Gasteiger partial charge in [0.1, 0.15) is 17.2 Å². The Morgan fingerprint density at radius 2 is 1.84 bits per heavy atom. The molecule has 0 spiro atoms. The van der Waals surface area contributed by atoms with E-state index in [1.54, 1.807) is 35.1 Å². The Morgan fingerprint density at radius 1 is 1.06 bits per heavy atom. The number of hydrogen-bond acceptors (Lipinski definition) is 7. The first-order chi connectivity index (χ1) is 14.7. The predicted octanol–water partition coefficient (Wildman–Crippen LogP) is 3.70. The van der Waals surface area contributed by atoms with Gasteiger partial charge in [0.05, 0.1) is 11.9 Å². The maximum atomic E-state index is 14.2. The lowest BCUT2D eigenvalue weighted by molar-refractivity contribution is 0.442.